The van der Waals surface area contributed by atoms with Crippen LogP contribution in [0.4, 0.5) is 0 Å². The van der Waals surface area contributed by atoms with Gasteiger partial charge in [-0.2, -0.15) is 0 Å². The Morgan fingerprint density at radius 1 is 0.929 bits per heavy atom. The van der Waals surface area contributed by atoms with Crippen LogP contribution in [0.3, 0.4) is 0 Å². The van der Waals surface area contributed by atoms with Crippen LogP contribution in [-0.2, 0) is 6.61 Å². The molecule has 0 spiro atoms. The fraction of sp³-hybridized carbons (Fsp3) is 0.458. The zero-order valence-corrected chi connectivity index (χ0v) is 17.1. The predicted octanol–water partition coefficient (Wildman–Crippen LogP) is 4.60. The van der Waals surface area contributed by atoms with E-state index in [-0.39, 0.29) is 5.91 Å². The molecule has 0 radical (unpaired) electrons. The molecule has 1 amide bonds. The molecule has 0 aliphatic heterocycles. The van der Waals surface area contributed by atoms with Crippen LogP contribution in [0.2, 0.25) is 0 Å². The lowest BCUT2D eigenvalue weighted by Crippen LogP contribution is -2.40. The first kappa shape index (κ1) is 20.4. The Balaban J connectivity index is 1.46. The molecule has 4 nitrogen and oxygen atoms in total. The van der Waals surface area contributed by atoms with E-state index in [0.717, 1.165) is 30.0 Å². The lowest BCUT2D eigenvalue weighted by Gasteiger charge is -2.32. The standard InChI is InChI=1S/C24H32N2O2/c1-25(22-9-5-3-6-10-22)17-18-26(2)24(27)21-15-13-20(14-16-21)19-28-23-11-7-4-8-12-23/h4,7-8,11-16,22H,3,5-6,9-10,17-19H2,1-2H3. The van der Waals surface area contributed by atoms with Crippen molar-refractivity contribution in [2.24, 2.45) is 0 Å². The number of rotatable bonds is 8. The summed E-state index contributed by atoms with van der Waals surface area (Å²) in [5, 5.41) is 0. The number of nitrogens with zero attached hydrogens (tertiary/aromatic N) is 2. The number of ether oxygens (including phenoxy) is 1. The summed E-state index contributed by atoms with van der Waals surface area (Å²) in [6, 6.07) is 18.2. The minimum absolute atomic E-state index is 0.0765. The van der Waals surface area contributed by atoms with Gasteiger partial charge in [-0.15, -0.1) is 0 Å². The molecule has 2 aromatic carbocycles. The number of hydrogen-bond donors (Lipinski definition) is 0. The van der Waals surface area contributed by atoms with Crippen molar-refractivity contribution in [1.82, 2.24) is 9.80 Å². The van der Waals surface area contributed by atoms with Crippen LogP contribution in [0.5, 0.6) is 5.75 Å². The van der Waals surface area contributed by atoms with Gasteiger partial charge in [0.1, 0.15) is 12.4 Å². The Kier molecular flexibility index (Phi) is 7.49. The molecule has 0 aromatic heterocycles. The fourth-order valence-corrected chi connectivity index (χ4v) is 3.76. The summed E-state index contributed by atoms with van der Waals surface area (Å²) in [6.07, 6.45) is 6.63. The van der Waals surface area contributed by atoms with E-state index in [1.165, 1.54) is 32.1 Å². The molecule has 2 aromatic rings. The highest BCUT2D eigenvalue weighted by molar-refractivity contribution is 5.94. The van der Waals surface area contributed by atoms with E-state index in [4.69, 9.17) is 4.74 Å². The normalized spacial score (nSPS) is 14.8. The van der Waals surface area contributed by atoms with Gasteiger partial charge in [0.05, 0.1) is 0 Å². The van der Waals surface area contributed by atoms with E-state index in [0.29, 0.717) is 12.6 Å². The maximum absolute atomic E-state index is 12.7. The average molecular weight is 381 g/mol. The Labute approximate surface area is 169 Å². The van der Waals surface area contributed by atoms with E-state index in [9.17, 15) is 4.79 Å². The third kappa shape index (κ3) is 5.83. The average Bonchev–Trinajstić information content (AvgIpc) is 2.77. The Morgan fingerprint density at radius 2 is 1.61 bits per heavy atom. The molecular formula is C24H32N2O2. The number of carbonyl (C=O) groups is 1. The Morgan fingerprint density at radius 3 is 2.29 bits per heavy atom. The van der Waals surface area contributed by atoms with Gasteiger partial charge in [-0.25, -0.2) is 0 Å². The summed E-state index contributed by atoms with van der Waals surface area (Å²) in [4.78, 5) is 17.0. The molecule has 1 saturated carbocycles. The quantitative estimate of drug-likeness (QED) is 0.671. The van der Waals surface area contributed by atoms with Crippen molar-refractivity contribution in [2.75, 3.05) is 27.2 Å². The number of hydrogen-bond acceptors (Lipinski definition) is 3. The van der Waals surface area contributed by atoms with E-state index >= 15 is 0 Å². The van der Waals surface area contributed by atoms with Crippen LogP contribution in [0.15, 0.2) is 54.6 Å². The van der Waals surface area contributed by atoms with Crippen molar-refractivity contribution >= 4 is 5.91 Å². The number of likely N-dealkylation sites (N-methyl/N-ethyl adjacent to an activating group) is 2. The Hall–Kier alpha value is -2.33. The molecule has 1 aliphatic rings. The van der Waals surface area contributed by atoms with Gasteiger partial charge in [0.25, 0.3) is 5.91 Å². The second kappa shape index (κ2) is 10.3. The van der Waals surface area contributed by atoms with Gasteiger partial charge >= 0.3 is 0 Å². The maximum Gasteiger partial charge on any atom is 0.253 e. The molecule has 0 atom stereocenters. The molecule has 1 aliphatic carbocycles. The largest absolute Gasteiger partial charge is 0.489 e. The molecule has 3 rings (SSSR count). The second-order valence-corrected chi connectivity index (χ2v) is 7.80. The van der Waals surface area contributed by atoms with E-state index in [1.807, 2.05) is 66.5 Å². The number of amides is 1. The zero-order valence-electron chi connectivity index (χ0n) is 17.1. The van der Waals surface area contributed by atoms with Crippen LogP contribution in [0.25, 0.3) is 0 Å². The van der Waals surface area contributed by atoms with Gasteiger partial charge < -0.3 is 14.5 Å². The molecule has 0 N–H and O–H groups in total. The molecule has 28 heavy (non-hydrogen) atoms. The van der Waals surface area contributed by atoms with Crippen molar-refractivity contribution in [3.05, 3.63) is 65.7 Å². The van der Waals surface area contributed by atoms with Crippen molar-refractivity contribution in [3.8, 4) is 5.75 Å². The molecule has 0 heterocycles. The summed E-state index contributed by atoms with van der Waals surface area (Å²) < 4.78 is 5.76. The number of para-hydroxylation sites is 1. The summed E-state index contributed by atoms with van der Waals surface area (Å²) in [7, 11) is 4.08. The van der Waals surface area contributed by atoms with Gasteiger partial charge in [-0.1, -0.05) is 49.6 Å². The monoisotopic (exact) mass is 380 g/mol. The smallest absolute Gasteiger partial charge is 0.253 e. The lowest BCUT2D eigenvalue weighted by atomic mass is 9.94. The maximum atomic E-state index is 12.7. The van der Waals surface area contributed by atoms with Crippen LogP contribution in [0.1, 0.15) is 48.0 Å². The minimum Gasteiger partial charge on any atom is -0.489 e. The molecular weight excluding hydrogens is 348 g/mol. The highest BCUT2D eigenvalue weighted by atomic mass is 16.5. The first-order chi connectivity index (χ1) is 13.6. The summed E-state index contributed by atoms with van der Waals surface area (Å²) in [5.41, 5.74) is 1.78. The molecule has 150 valence electrons. The molecule has 0 saturated heterocycles. The van der Waals surface area contributed by atoms with Gasteiger partial charge in [0.2, 0.25) is 0 Å². The zero-order chi connectivity index (χ0) is 19.8. The lowest BCUT2D eigenvalue weighted by molar-refractivity contribution is 0.0767. The first-order valence-electron chi connectivity index (χ1n) is 10.4. The topological polar surface area (TPSA) is 32.8 Å². The summed E-state index contributed by atoms with van der Waals surface area (Å²) in [5.74, 6) is 0.928. The van der Waals surface area contributed by atoms with E-state index in [2.05, 4.69) is 11.9 Å². The minimum atomic E-state index is 0.0765. The van der Waals surface area contributed by atoms with E-state index in [1.54, 1.807) is 0 Å². The second-order valence-electron chi connectivity index (χ2n) is 7.80. The van der Waals surface area contributed by atoms with Crippen molar-refractivity contribution < 1.29 is 9.53 Å². The van der Waals surface area contributed by atoms with Gasteiger partial charge in [-0.3, -0.25) is 4.79 Å². The van der Waals surface area contributed by atoms with Crippen LogP contribution in [0, 0.1) is 0 Å². The van der Waals surface area contributed by atoms with Crippen LogP contribution >= 0.6 is 0 Å². The van der Waals surface area contributed by atoms with Gasteiger partial charge in [-0.05, 0) is 49.7 Å². The third-order valence-electron chi connectivity index (χ3n) is 5.68. The molecule has 4 heteroatoms. The third-order valence-corrected chi connectivity index (χ3v) is 5.68. The molecule has 1 fully saturated rings. The van der Waals surface area contributed by atoms with Crippen LogP contribution < -0.4 is 4.74 Å². The first-order valence-corrected chi connectivity index (χ1v) is 10.4. The van der Waals surface area contributed by atoms with E-state index < -0.39 is 0 Å². The highest BCUT2D eigenvalue weighted by Crippen LogP contribution is 2.21. The number of benzene rings is 2. The number of carbonyl (C=O) groups excluding carboxylic acids is 1. The summed E-state index contributed by atoms with van der Waals surface area (Å²) in [6.45, 7) is 2.18. The van der Waals surface area contributed by atoms with Crippen LogP contribution in [-0.4, -0.2) is 48.9 Å². The highest BCUT2D eigenvalue weighted by Gasteiger charge is 2.19. The van der Waals surface area contributed by atoms with Crippen molar-refractivity contribution in [3.63, 3.8) is 0 Å². The van der Waals surface area contributed by atoms with Gasteiger partial charge in [0.15, 0.2) is 0 Å². The van der Waals surface area contributed by atoms with Crippen molar-refractivity contribution in [2.45, 2.75) is 44.8 Å². The van der Waals surface area contributed by atoms with Gasteiger partial charge in [0, 0.05) is 31.7 Å². The molecule has 0 bridgehead atoms. The SMILES string of the molecule is CN(CCN(C)C1CCCCC1)C(=O)c1ccc(COc2ccccc2)cc1. The van der Waals surface area contributed by atoms with Crippen molar-refractivity contribution in [1.29, 1.82) is 0 Å². The fourth-order valence-electron chi connectivity index (χ4n) is 3.76. The summed E-state index contributed by atoms with van der Waals surface area (Å²) >= 11 is 0. The Bertz CT molecular complexity index is 724. The predicted molar refractivity (Wildman–Crippen MR) is 114 cm³/mol. The molecule has 0 unspecified atom stereocenters.